The van der Waals surface area contributed by atoms with Crippen LogP contribution in [0.5, 0.6) is 5.75 Å². The first-order valence-electron chi connectivity index (χ1n) is 10.2. The maximum Gasteiger partial charge on any atom is 0.119 e. The molecule has 2 heterocycles. The topological polar surface area (TPSA) is 39.6 Å². The number of benzene rings is 1. The average Bonchev–Trinajstić information content (AvgIpc) is 2.65. The average molecular weight is 388 g/mol. The highest BCUT2D eigenvalue weighted by molar-refractivity contribution is 8.17. The number of piperidine rings is 2. The van der Waals surface area contributed by atoms with Crippen molar-refractivity contribution in [3.8, 4) is 5.75 Å². The van der Waals surface area contributed by atoms with Gasteiger partial charge in [0, 0.05) is 26.2 Å². The van der Waals surface area contributed by atoms with Crippen molar-refractivity contribution in [1.29, 1.82) is 5.41 Å². The van der Waals surface area contributed by atoms with Crippen LogP contribution in [0.4, 0.5) is 0 Å². The molecule has 0 atom stereocenters. The minimum Gasteiger partial charge on any atom is -0.490 e. The van der Waals surface area contributed by atoms with Crippen molar-refractivity contribution in [3.05, 3.63) is 41.3 Å². The van der Waals surface area contributed by atoms with Crippen LogP contribution < -0.4 is 4.74 Å². The van der Waals surface area contributed by atoms with E-state index in [2.05, 4.69) is 40.6 Å². The van der Waals surface area contributed by atoms with Gasteiger partial charge >= 0.3 is 0 Å². The van der Waals surface area contributed by atoms with Crippen molar-refractivity contribution in [2.75, 3.05) is 32.7 Å². The van der Waals surface area contributed by atoms with E-state index in [1.807, 2.05) is 6.92 Å². The van der Waals surface area contributed by atoms with E-state index in [9.17, 15) is 0 Å². The Morgan fingerprint density at radius 1 is 1.07 bits per heavy atom. The van der Waals surface area contributed by atoms with Gasteiger partial charge in [-0.05, 0) is 68.3 Å². The van der Waals surface area contributed by atoms with Crippen LogP contribution >= 0.6 is 11.8 Å². The Labute approximate surface area is 168 Å². The number of nitrogens with zero attached hydrogens (tertiary/aromatic N) is 2. The molecule has 0 aliphatic carbocycles. The molecule has 2 saturated heterocycles. The van der Waals surface area contributed by atoms with Gasteiger partial charge in [0.2, 0.25) is 0 Å². The molecule has 0 amide bonds. The maximum absolute atomic E-state index is 7.55. The van der Waals surface area contributed by atoms with Crippen LogP contribution in [-0.2, 0) is 6.54 Å². The monoisotopic (exact) mass is 387 g/mol. The van der Waals surface area contributed by atoms with Gasteiger partial charge in [0.05, 0.1) is 5.04 Å². The second-order valence-electron chi connectivity index (χ2n) is 7.77. The summed E-state index contributed by atoms with van der Waals surface area (Å²) in [7, 11) is 0. The molecule has 1 aromatic carbocycles. The first kappa shape index (κ1) is 20.4. The van der Waals surface area contributed by atoms with Crippen molar-refractivity contribution < 1.29 is 4.74 Å². The number of rotatable bonds is 7. The van der Waals surface area contributed by atoms with Gasteiger partial charge in [0.25, 0.3) is 0 Å². The van der Waals surface area contributed by atoms with E-state index in [-0.39, 0.29) is 0 Å². The molecule has 5 heteroatoms. The zero-order valence-corrected chi connectivity index (χ0v) is 17.4. The van der Waals surface area contributed by atoms with Gasteiger partial charge in [-0.3, -0.25) is 15.2 Å². The standard InChI is InChI=1S/C22H33N3OS/c1-18(27-19(2)23)16-25-14-10-22(11-15-25)26-21-8-6-20(7-9-21)17-24-12-4-3-5-13-24/h6-9,22-23H,1,3-5,10-17H2,2H3. The van der Waals surface area contributed by atoms with E-state index in [4.69, 9.17) is 10.1 Å². The molecule has 148 valence electrons. The fraction of sp³-hybridized carbons (Fsp3) is 0.591. The third-order valence-corrected chi connectivity index (χ3v) is 6.04. The highest BCUT2D eigenvalue weighted by Gasteiger charge is 2.21. The fourth-order valence-electron chi connectivity index (χ4n) is 3.93. The predicted molar refractivity (Wildman–Crippen MR) is 116 cm³/mol. The predicted octanol–water partition coefficient (Wildman–Crippen LogP) is 4.76. The highest BCUT2D eigenvalue weighted by atomic mass is 32.2. The number of nitrogens with one attached hydrogen (secondary N) is 1. The molecule has 0 spiro atoms. The van der Waals surface area contributed by atoms with Crippen LogP contribution in [0.25, 0.3) is 0 Å². The van der Waals surface area contributed by atoms with Crippen LogP contribution in [0.1, 0.15) is 44.6 Å². The first-order chi connectivity index (χ1) is 13.1. The molecule has 3 rings (SSSR count). The van der Waals surface area contributed by atoms with Crippen molar-refractivity contribution in [2.24, 2.45) is 0 Å². The lowest BCUT2D eigenvalue weighted by atomic mass is 10.1. The summed E-state index contributed by atoms with van der Waals surface area (Å²) in [6, 6.07) is 8.72. The summed E-state index contributed by atoms with van der Waals surface area (Å²) in [5.41, 5.74) is 1.39. The molecule has 0 radical (unpaired) electrons. The number of hydrogen-bond acceptors (Lipinski definition) is 5. The third-order valence-electron chi connectivity index (χ3n) is 5.31. The van der Waals surface area contributed by atoms with E-state index in [0.717, 1.165) is 49.7 Å². The number of hydrogen-bond donors (Lipinski definition) is 1. The Morgan fingerprint density at radius 3 is 2.37 bits per heavy atom. The van der Waals surface area contributed by atoms with E-state index in [1.165, 1.54) is 49.7 Å². The molecule has 0 saturated carbocycles. The second-order valence-corrected chi connectivity index (χ2v) is 9.16. The molecule has 2 aliphatic heterocycles. The fourth-order valence-corrected chi connectivity index (χ4v) is 4.61. The molecule has 1 N–H and O–H groups in total. The van der Waals surface area contributed by atoms with Gasteiger partial charge in [-0.2, -0.15) is 0 Å². The van der Waals surface area contributed by atoms with Crippen LogP contribution in [0.15, 0.2) is 35.7 Å². The number of likely N-dealkylation sites (tertiary alicyclic amines) is 2. The first-order valence-corrected chi connectivity index (χ1v) is 11.0. The molecule has 4 nitrogen and oxygen atoms in total. The smallest absolute Gasteiger partial charge is 0.119 e. The summed E-state index contributed by atoms with van der Waals surface area (Å²) >= 11 is 1.48. The third kappa shape index (κ3) is 6.98. The van der Waals surface area contributed by atoms with Crippen molar-refractivity contribution in [3.63, 3.8) is 0 Å². The summed E-state index contributed by atoms with van der Waals surface area (Å²) in [6.07, 6.45) is 6.48. The Balaban J connectivity index is 1.39. The van der Waals surface area contributed by atoms with Crippen molar-refractivity contribution >= 4 is 16.8 Å². The van der Waals surface area contributed by atoms with Gasteiger partial charge in [0.15, 0.2) is 0 Å². The molecule has 0 bridgehead atoms. The van der Waals surface area contributed by atoms with E-state index < -0.39 is 0 Å². The van der Waals surface area contributed by atoms with Gasteiger partial charge < -0.3 is 4.74 Å². The number of ether oxygens (including phenoxy) is 1. The molecule has 1 aromatic rings. The SMILES string of the molecule is C=C(CN1CCC(Oc2ccc(CN3CCCCC3)cc2)CC1)SC(C)=N. The Morgan fingerprint density at radius 2 is 1.74 bits per heavy atom. The Kier molecular flexibility index (Phi) is 7.80. The lowest BCUT2D eigenvalue weighted by Crippen LogP contribution is -2.38. The van der Waals surface area contributed by atoms with Crippen LogP contribution in [0.3, 0.4) is 0 Å². The normalized spacial score (nSPS) is 19.7. The second kappa shape index (κ2) is 10.3. The summed E-state index contributed by atoms with van der Waals surface area (Å²) in [5, 5.41) is 8.16. The van der Waals surface area contributed by atoms with Crippen LogP contribution in [-0.4, -0.2) is 53.7 Å². The van der Waals surface area contributed by atoms with E-state index in [0.29, 0.717) is 11.1 Å². The summed E-state index contributed by atoms with van der Waals surface area (Å²) < 4.78 is 6.22. The van der Waals surface area contributed by atoms with Gasteiger partial charge in [-0.1, -0.05) is 36.9 Å². The van der Waals surface area contributed by atoms with Crippen LogP contribution in [0, 0.1) is 5.41 Å². The molecular formula is C22H33N3OS. The van der Waals surface area contributed by atoms with Crippen molar-refractivity contribution in [2.45, 2.75) is 51.7 Å². The summed E-state index contributed by atoms with van der Waals surface area (Å²) in [6.45, 7) is 12.4. The minimum absolute atomic E-state index is 0.305. The lowest BCUT2D eigenvalue weighted by molar-refractivity contribution is 0.106. The molecule has 2 aliphatic rings. The zero-order valence-electron chi connectivity index (χ0n) is 16.6. The van der Waals surface area contributed by atoms with Crippen molar-refractivity contribution in [1.82, 2.24) is 9.80 Å². The van der Waals surface area contributed by atoms with Crippen LogP contribution in [0.2, 0.25) is 0 Å². The zero-order chi connectivity index (χ0) is 19.1. The maximum atomic E-state index is 7.55. The Bertz CT molecular complexity index is 617. The molecule has 0 unspecified atom stereocenters. The van der Waals surface area contributed by atoms with E-state index >= 15 is 0 Å². The van der Waals surface area contributed by atoms with Gasteiger partial charge in [-0.15, -0.1) is 0 Å². The summed E-state index contributed by atoms with van der Waals surface area (Å²) in [5.74, 6) is 0.996. The Hall–Kier alpha value is -1.30. The molecule has 0 aromatic heterocycles. The van der Waals surface area contributed by atoms with Gasteiger partial charge in [0.1, 0.15) is 11.9 Å². The quantitative estimate of drug-likeness (QED) is 0.541. The minimum atomic E-state index is 0.305. The highest BCUT2D eigenvalue weighted by Crippen LogP contribution is 2.23. The molecular weight excluding hydrogens is 354 g/mol. The number of thioether (sulfide) groups is 1. The van der Waals surface area contributed by atoms with E-state index in [1.54, 1.807) is 0 Å². The largest absolute Gasteiger partial charge is 0.490 e. The lowest BCUT2D eigenvalue weighted by Gasteiger charge is -2.32. The molecule has 27 heavy (non-hydrogen) atoms. The van der Waals surface area contributed by atoms with Gasteiger partial charge in [-0.25, -0.2) is 0 Å². The molecule has 2 fully saturated rings. The summed E-state index contributed by atoms with van der Waals surface area (Å²) in [4.78, 5) is 6.03.